The van der Waals surface area contributed by atoms with Gasteiger partial charge in [-0.1, -0.05) is 80.6 Å². The molecule has 4 aromatic rings. The van der Waals surface area contributed by atoms with Crippen LogP contribution in [0.2, 0.25) is 0 Å². The fraction of sp³-hybridized carbons (Fsp3) is 0.300. The molecule has 1 aromatic heterocycles. The summed E-state index contributed by atoms with van der Waals surface area (Å²) in [6.45, 7) is 4.36. The van der Waals surface area contributed by atoms with Gasteiger partial charge in [0.2, 0.25) is 0 Å². The van der Waals surface area contributed by atoms with Gasteiger partial charge in [-0.3, -0.25) is 0 Å². The van der Waals surface area contributed by atoms with E-state index in [1.807, 2.05) is 12.1 Å². The number of carbonyl (C=O) groups excluding carboxylic acids is 1. The molecule has 0 fully saturated rings. The first kappa shape index (κ1) is 22.8. The van der Waals surface area contributed by atoms with Crippen molar-refractivity contribution in [1.82, 2.24) is 4.57 Å². The van der Waals surface area contributed by atoms with Gasteiger partial charge in [-0.05, 0) is 60.4 Å². The molecule has 0 spiro atoms. The third-order valence-corrected chi connectivity index (χ3v) is 6.49. The van der Waals surface area contributed by atoms with Crippen molar-refractivity contribution in [2.75, 3.05) is 7.11 Å². The van der Waals surface area contributed by atoms with E-state index in [-0.39, 0.29) is 12.0 Å². The highest BCUT2D eigenvalue weighted by molar-refractivity contribution is 5.89. The van der Waals surface area contributed by atoms with Crippen LogP contribution >= 0.6 is 0 Å². The predicted molar refractivity (Wildman–Crippen MR) is 137 cm³/mol. The number of unbranched alkanes of at least 4 members (excludes halogenated alkanes) is 3. The minimum atomic E-state index is -0.295. The molecule has 0 aliphatic rings. The highest BCUT2D eigenvalue weighted by atomic mass is 16.5. The molecule has 0 saturated heterocycles. The number of ether oxygens (including phenoxy) is 1. The lowest BCUT2D eigenvalue weighted by Gasteiger charge is -2.21. The summed E-state index contributed by atoms with van der Waals surface area (Å²) < 4.78 is 7.26. The van der Waals surface area contributed by atoms with Crippen LogP contribution in [0.3, 0.4) is 0 Å². The number of aryl methyl sites for hydroxylation is 1. The second kappa shape index (κ2) is 10.5. The van der Waals surface area contributed by atoms with Crippen LogP contribution in [0.1, 0.15) is 66.6 Å². The first-order valence-electron chi connectivity index (χ1n) is 12.0. The van der Waals surface area contributed by atoms with Crippen molar-refractivity contribution < 1.29 is 9.53 Å². The lowest BCUT2D eigenvalue weighted by molar-refractivity contribution is 0.0600. The Hall–Kier alpha value is -3.33. The fourth-order valence-corrected chi connectivity index (χ4v) is 4.55. The number of nitrogens with zero attached hydrogens (tertiary/aromatic N) is 1. The van der Waals surface area contributed by atoms with E-state index in [9.17, 15) is 4.79 Å². The van der Waals surface area contributed by atoms with E-state index in [1.165, 1.54) is 65.9 Å². The molecule has 1 atom stereocenters. The van der Waals surface area contributed by atoms with Crippen molar-refractivity contribution in [2.24, 2.45) is 0 Å². The molecule has 1 heterocycles. The van der Waals surface area contributed by atoms with E-state index in [2.05, 4.69) is 85.3 Å². The number of hydrogen-bond donors (Lipinski definition) is 0. The van der Waals surface area contributed by atoms with E-state index in [1.54, 1.807) is 0 Å². The van der Waals surface area contributed by atoms with Crippen LogP contribution in [0.25, 0.3) is 22.0 Å². The van der Waals surface area contributed by atoms with Crippen LogP contribution in [-0.4, -0.2) is 17.6 Å². The van der Waals surface area contributed by atoms with Crippen LogP contribution in [0.5, 0.6) is 0 Å². The zero-order valence-electron chi connectivity index (χ0n) is 19.9. The number of hydrogen-bond acceptors (Lipinski definition) is 2. The van der Waals surface area contributed by atoms with Crippen molar-refractivity contribution in [3.8, 4) is 11.1 Å². The maximum Gasteiger partial charge on any atom is 0.337 e. The topological polar surface area (TPSA) is 31.2 Å². The van der Waals surface area contributed by atoms with Crippen LogP contribution in [0.4, 0.5) is 0 Å². The summed E-state index contributed by atoms with van der Waals surface area (Å²) in [4.78, 5) is 11.9. The highest BCUT2D eigenvalue weighted by Gasteiger charge is 2.17. The van der Waals surface area contributed by atoms with Gasteiger partial charge < -0.3 is 9.30 Å². The van der Waals surface area contributed by atoms with Crippen molar-refractivity contribution in [1.29, 1.82) is 0 Å². The molecule has 0 bridgehead atoms. The van der Waals surface area contributed by atoms with Gasteiger partial charge in [-0.15, -0.1) is 0 Å². The highest BCUT2D eigenvalue weighted by Crippen LogP contribution is 2.32. The van der Waals surface area contributed by atoms with E-state index in [0.717, 1.165) is 6.42 Å². The second-order valence-electron chi connectivity index (χ2n) is 8.84. The molecule has 0 radical (unpaired) electrons. The van der Waals surface area contributed by atoms with E-state index in [4.69, 9.17) is 4.74 Å². The largest absolute Gasteiger partial charge is 0.465 e. The summed E-state index contributed by atoms with van der Waals surface area (Å²) in [5.41, 5.74) is 6.80. The van der Waals surface area contributed by atoms with E-state index in [0.29, 0.717) is 5.56 Å². The molecule has 0 aliphatic heterocycles. The average Bonchev–Trinajstić information content (AvgIpc) is 3.27. The minimum Gasteiger partial charge on any atom is -0.465 e. The SMILES string of the molecule is CCCCCCC(c1ccc(C(=O)OC)cc1)n1ccc2cc(-c3ccc(C)cc3)ccc21. The summed E-state index contributed by atoms with van der Waals surface area (Å²) in [5.74, 6) is -0.295. The molecule has 0 aliphatic carbocycles. The van der Waals surface area contributed by atoms with Crippen molar-refractivity contribution in [3.63, 3.8) is 0 Å². The number of methoxy groups -OCH3 is 1. The number of carbonyl (C=O) groups is 1. The summed E-state index contributed by atoms with van der Waals surface area (Å²) in [6.07, 6.45) is 8.19. The lowest BCUT2D eigenvalue weighted by Crippen LogP contribution is -2.10. The van der Waals surface area contributed by atoms with Gasteiger partial charge >= 0.3 is 5.97 Å². The maximum atomic E-state index is 11.9. The van der Waals surface area contributed by atoms with Gasteiger partial charge in [0.1, 0.15) is 0 Å². The van der Waals surface area contributed by atoms with Gasteiger partial charge in [0.05, 0.1) is 18.7 Å². The number of aromatic nitrogens is 1. The third kappa shape index (κ3) is 5.19. The Balaban J connectivity index is 1.67. The van der Waals surface area contributed by atoms with Gasteiger partial charge in [0.15, 0.2) is 0 Å². The molecule has 0 saturated carbocycles. The Morgan fingerprint density at radius 3 is 2.30 bits per heavy atom. The standard InChI is InChI=1S/C30H33NO2/c1-4-5-6-7-8-28(24-13-15-25(16-14-24)30(32)33-3)31-20-19-27-21-26(17-18-29(27)31)23-11-9-22(2)10-12-23/h9-21,28H,4-8H2,1-3H3. The minimum absolute atomic E-state index is 0.233. The van der Waals surface area contributed by atoms with Crippen LogP contribution in [-0.2, 0) is 4.74 Å². The molecule has 3 nitrogen and oxygen atoms in total. The molecule has 3 heteroatoms. The zero-order chi connectivity index (χ0) is 23.2. The molecule has 3 aromatic carbocycles. The Morgan fingerprint density at radius 2 is 1.61 bits per heavy atom. The van der Waals surface area contributed by atoms with Gasteiger partial charge in [-0.2, -0.15) is 0 Å². The molecular weight excluding hydrogens is 406 g/mol. The van der Waals surface area contributed by atoms with E-state index >= 15 is 0 Å². The molecule has 4 rings (SSSR count). The fourth-order valence-electron chi connectivity index (χ4n) is 4.55. The molecular formula is C30H33NO2. The monoisotopic (exact) mass is 439 g/mol. The van der Waals surface area contributed by atoms with Gasteiger partial charge in [0.25, 0.3) is 0 Å². The second-order valence-corrected chi connectivity index (χ2v) is 8.84. The Kier molecular flexibility index (Phi) is 7.29. The number of esters is 1. The molecule has 170 valence electrons. The predicted octanol–water partition coefficient (Wildman–Crippen LogP) is 7.96. The molecule has 1 unspecified atom stereocenters. The van der Waals surface area contributed by atoms with Crippen LogP contribution < -0.4 is 0 Å². The van der Waals surface area contributed by atoms with Crippen molar-refractivity contribution >= 4 is 16.9 Å². The Bertz CT molecular complexity index is 1200. The molecule has 0 amide bonds. The summed E-state index contributed by atoms with van der Waals surface area (Å²) in [6, 6.07) is 25.8. The Morgan fingerprint density at radius 1 is 0.879 bits per heavy atom. The summed E-state index contributed by atoms with van der Waals surface area (Å²) in [5, 5.41) is 1.25. The molecule has 33 heavy (non-hydrogen) atoms. The average molecular weight is 440 g/mol. The van der Waals surface area contributed by atoms with Crippen molar-refractivity contribution in [3.05, 3.63) is 95.7 Å². The van der Waals surface area contributed by atoms with E-state index < -0.39 is 0 Å². The van der Waals surface area contributed by atoms with Crippen LogP contribution in [0, 0.1) is 6.92 Å². The lowest BCUT2D eigenvalue weighted by atomic mass is 9.98. The normalized spacial score (nSPS) is 12.1. The maximum absolute atomic E-state index is 11.9. The van der Waals surface area contributed by atoms with Crippen LogP contribution in [0.15, 0.2) is 79.0 Å². The van der Waals surface area contributed by atoms with Gasteiger partial charge in [-0.25, -0.2) is 4.79 Å². The quantitative estimate of drug-likeness (QED) is 0.196. The van der Waals surface area contributed by atoms with Gasteiger partial charge in [0, 0.05) is 17.1 Å². The number of benzene rings is 3. The summed E-state index contributed by atoms with van der Waals surface area (Å²) >= 11 is 0. The van der Waals surface area contributed by atoms with Crippen molar-refractivity contribution in [2.45, 2.75) is 52.0 Å². The zero-order valence-corrected chi connectivity index (χ0v) is 19.9. The molecule has 0 N–H and O–H groups in total. The number of fused-ring (bicyclic) bond motifs is 1. The number of rotatable bonds is 9. The summed E-state index contributed by atoms with van der Waals surface area (Å²) in [7, 11) is 1.42. The third-order valence-electron chi connectivity index (χ3n) is 6.49. The smallest absolute Gasteiger partial charge is 0.337 e. The Labute approximate surface area is 197 Å². The first-order chi connectivity index (χ1) is 16.1. The first-order valence-corrected chi connectivity index (χ1v) is 12.0.